The van der Waals surface area contributed by atoms with E-state index in [1.165, 1.54) is 18.7 Å². The fourth-order valence-corrected chi connectivity index (χ4v) is 3.41. The minimum Gasteiger partial charge on any atom is -0.461 e. The van der Waals surface area contributed by atoms with Crippen LogP contribution in [0.15, 0.2) is 64.9 Å². The molecule has 28 heavy (non-hydrogen) atoms. The van der Waals surface area contributed by atoms with E-state index in [2.05, 4.69) is 22.1 Å². The number of nitrogens with zero attached hydrogens (tertiary/aromatic N) is 3. The number of aromatic nitrogens is 3. The maximum Gasteiger partial charge on any atom is 0.225 e. The molecule has 0 radical (unpaired) electrons. The number of benzene rings is 1. The number of hydrogen-bond donors (Lipinski definition) is 1. The molecule has 0 aliphatic heterocycles. The van der Waals surface area contributed by atoms with Gasteiger partial charge in [0.05, 0.1) is 6.26 Å². The summed E-state index contributed by atoms with van der Waals surface area (Å²) in [6.45, 7) is 5.82. The maximum absolute atomic E-state index is 12.2. The quantitative estimate of drug-likeness (QED) is 0.333. The number of amides is 1. The molecule has 1 amide bonds. The molecule has 0 aliphatic rings. The van der Waals surface area contributed by atoms with E-state index in [9.17, 15) is 9.59 Å². The van der Waals surface area contributed by atoms with E-state index in [0.717, 1.165) is 0 Å². The molecule has 0 fully saturated rings. The molecule has 0 saturated carbocycles. The van der Waals surface area contributed by atoms with Crippen LogP contribution in [0.2, 0.25) is 0 Å². The Bertz CT molecular complexity index is 962. The topological polar surface area (TPSA) is 90.0 Å². The molecule has 0 aliphatic carbocycles. The zero-order chi connectivity index (χ0) is 19.9. The summed E-state index contributed by atoms with van der Waals surface area (Å²) in [6, 6.07) is 10.4. The molecule has 2 heterocycles. The Hall–Kier alpha value is -3.13. The third-order valence-electron chi connectivity index (χ3n) is 3.91. The van der Waals surface area contributed by atoms with E-state index < -0.39 is 0 Å². The summed E-state index contributed by atoms with van der Waals surface area (Å²) in [5, 5.41) is 11.9. The van der Waals surface area contributed by atoms with Gasteiger partial charge in [0, 0.05) is 30.0 Å². The molecule has 0 atom stereocenters. The second-order valence-corrected chi connectivity index (χ2v) is 7.03. The molecule has 7 nitrogen and oxygen atoms in total. The lowest BCUT2D eigenvalue weighted by molar-refractivity contribution is -0.115. The molecule has 0 unspecified atom stereocenters. The Morgan fingerprint density at radius 2 is 2.04 bits per heavy atom. The van der Waals surface area contributed by atoms with Crippen molar-refractivity contribution in [2.24, 2.45) is 0 Å². The molecular formula is C20H20N4O3S. The first-order chi connectivity index (χ1) is 13.6. The van der Waals surface area contributed by atoms with Crippen molar-refractivity contribution in [3.8, 4) is 11.6 Å². The van der Waals surface area contributed by atoms with E-state index in [1.807, 2.05) is 10.6 Å². The van der Waals surface area contributed by atoms with Gasteiger partial charge in [0.25, 0.3) is 0 Å². The van der Waals surface area contributed by atoms with Gasteiger partial charge in [0.15, 0.2) is 16.7 Å². The highest BCUT2D eigenvalue weighted by atomic mass is 32.2. The van der Waals surface area contributed by atoms with Crippen LogP contribution >= 0.6 is 11.8 Å². The third kappa shape index (κ3) is 4.77. The highest BCUT2D eigenvalue weighted by molar-refractivity contribution is 7.99. The minimum absolute atomic E-state index is 0.00756. The number of carbonyl (C=O) groups excluding carboxylic acids is 2. The van der Waals surface area contributed by atoms with Crippen LogP contribution in [0.25, 0.3) is 11.6 Å². The van der Waals surface area contributed by atoms with E-state index in [4.69, 9.17) is 4.42 Å². The van der Waals surface area contributed by atoms with Crippen molar-refractivity contribution in [2.45, 2.75) is 25.0 Å². The minimum atomic E-state index is -0.107. The maximum atomic E-state index is 12.2. The van der Waals surface area contributed by atoms with Gasteiger partial charge in [-0.15, -0.1) is 16.8 Å². The van der Waals surface area contributed by atoms with Crippen LogP contribution in [0.4, 0.5) is 5.69 Å². The van der Waals surface area contributed by atoms with Crippen LogP contribution in [0.1, 0.15) is 23.7 Å². The van der Waals surface area contributed by atoms with Gasteiger partial charge in [0.1, 0.15) is 0 Å². The van der Waals surface area contributed by atoms with Gasteiger partial charge in [-0.05, 0) is 43.3 Å². The molecule has 2 aromatic heterocycles. The highest BCUT2D eigenvalue weighted by Gasteiger charge is 2.15. The lowest BCUT2D eigenvalue weighted by Crippen LogP contribution is -2.12. The average molecular weight is 396 g/mol. The summed E-state index contributed by atoms with van der Waals surface area (Å²) < 4.78 is 7.30. The number of allylic oxidation sites excluding steroid dienone is 1. The molecule has 0 bridgehead atoms. The number of carbonyl (C=O) groups is 2. The molecule has 0 spiro atoms. The van der Waals surface area contributed by atoms with Crippen LogP contribution in [0.3, 0.4) is 0 Å². The van der Waals surface area contributed by atoms with Gasteiger partial charge in [-0.2, -0.15) is 0 Å². The van der Waals surface area contributed by atoms with Crippen LogP contribution < -0.4 is 5.32 Å². The van der Waals surface area contributed by atoms with Gasteiger partial charge < -0.3 is 9.73 Å². The number of Topliss-reactive ketones (excluding diaryl/α,β-unsaturated/α-hetero) is 1. The summed E-state index contributed by atoms with van der Waals surface area (Å²) in [5.41, 5.74) is 1.28. The zero-order valence-electron chi connectivity index (χ0n) is 15.4. The Kier molecular flexibility index (Phi) is 6.44. The Labute approximate surface area is 166 Å². The van der Waals surface area contributed by atoms with Crippen molar-refractivity contribution < 1.29 is 14.0 Å². The van der Waals surface area contributed by atoms with Crippen LogP contribution in [0, 0.1) is 0 Å². The standard InChI is InChI=1S/C20H20N4O3S/c1-3-11-24-19(17-5-4-12-27-17)22-23-20(24)28-13-10-18(26)21-16-8-6-15(7-9-16)14(2)25/h3-9,12H,1,10-11,13H2,2H3,(H,21,26). The SMILES string of the molecule is C=CCn1c(SCCC(=O)Nc2ccc(C(C)=O)cc2)nnc1-c1ccco1. The molecular weight excluding hydrogens is 376 g/mol. The monoisotopic (exact) mass is 396 g/mol. The molecule has 0 saturated heterocycles. The van der Waals surface area contributed by atoms with Gasteiger partial charge in [-0.25, -0.2) is 0 Å². The summed E-state index contributed by atoms with van der Waals surface area (Å²) in [4.78, 5) is 23.4. The second-order valence-electron chi connectivity index (χ2n) is 5.96. The lowest BCUT2D eigenvalue weighted by Gasteiger charge is -2.07. The van der Waals surface area contributed by atoms with Gasteiger partial charge in [0.2, 0.25) is 11.7 Å². The number of anilines is 1. The third-order valence-corrected chi connectivity index (χ3v) is 4.87. The second kappa shape index (κ2) is 9.18. The predicted molar refractivity (Wildman–Crippen MR) is 108 cm³/mol. The molecule has 8 heteroatoms. The van der Waals surface area contributed by atoms with Crippen molar-refractivity contribution in [3.63, 3.8) is 0 Å². The van der Waals surface area contributed by atoms with E-state index >= 15 is 0 Å². The fourth-order valence-electron chi connectivity index (χ4n) is 2.52. The van der Waals surface area contributed by atoms with E-state index in [0.29, 0.717) is 46.7 Å². The highest BCUT2D eigenvalue weighted by Crippen LogP contribution is 2.25. The van der Waals surface area contributed by atoms with E-state index in [-0.39, 0.29) is 11.7 Å². The Morgan fingerprint density at radius 1 is 1.25 bits per heavy atom. The van der Waals surface area contributed by atoms with Crippen molar-refractivity contribution in [1.82, 2.24) is 14.8 Å². The van der Waals surface area contributed by atoms with Crippen molar-refractivity contribution >= 4 is 29.1 Å². The first-order valence-corrected chi connectivity index (χ1v) is 9.68. The molecule has 1 N–H and O–H groups in total. The van der Waals surface area contributed by atoms with Gasteiger partial charge in [-0.1, -0.05) is 17.8 Å². The summed E-state index contributed by atoms with van der Waals surface area (Å²) in [7, 11) is 0. The van der Waals surface area contributed by atoms with Crippen LogP contribution in [-0.2, 0) is 11.3 Å². The molecule has 1 aromatic carbocycles. The number of furan rings is 1. The summed E-state index contributed by atoms with van der Waals surface area (Å²) in [6.07, 6.45) is 3.66. The van der Waals surface area contributed by atoms with Crippen molar-refractivity contribution in [1.29, 1.82) is 0 Å². The number of ketones is 1. The smallest absolute Gasteiger partial charge is 0.225 e. The average Bonchev–Trinajstić information content (AvgIpc) is 3.33. The Morgan fingerprint density at radius 3 is 2.68 bits per heavy atom. The molecule has 3 aromatic rings. The van der Waals surface area contributed by atoms with Crippen LogP contribution in [-0.4, -0.2) is 32.2 Å². The van der Waals surface area contributed by atoms with E-state index in [1.54, 1.807) is 42.7 Å². The first-order valence-electron chi connectivity index (χ1n) is 8.70. The molecule has 3 rings (SSSR count). The van der Waals surface area contributed by atoms with Crippen molar-refractivity contribution in [2.75, 3.05) is 11.1 Å². The van der Waals surface area contributed by atoms with Crippen LogP contribution in [0.5, 0.6) is 0 Å². The molecule has 144 valence electrons. The zero-order valence-corrected chi connectivity index (χ0v) is 16.2. The predicted octanol–water partition coefficient (Wildman–Crippen LogP) is 4.05. The number of thioether (sulfide) groups is 1. The number of rotatable bonds is 9. The van der Waals surface area contributed by atoms with Crippen molar-refractivity contribution in [3.05, 3.63) is 60.9 Å². The largest absolute Gasteiger partial charge is 0.461 e. The normalized spacial score (nSPS) is 10.6. The Balaban J connectivity index is 1.56. The number of hydrogen-bond acceptors (Lipinski definition) is 6. The summed E-state index contributed by atoms with van der Waals surface area (Å²) >= 11 is 1.44. The first kappa shape index (κ1) is 19.6. The fraction of sp³-hybridized carbons (Fsp3) is 0.200. The van der Waals surface area contributed by atoms with Gasteiger partial charge in [-0.3, -0.25) is 14.2 Å². The lowest BCUT2D eigenvalue weighted by atomic mass is 10.1. The summed E-state index contributed by atoms with van der Waals surface area (Å²) in [5.74, 6) is 1.69. The van der Waals surface area contributed by atoms with Gasteiger partial charge >= 0.3 is 0 Å². The number of nitrogens with one attached hydrogen (secondary N) is 1.